The molecule has 2 heterocycles. The van der Waals surface area contributed by atoms with Crippen LogP contribution in [0, 0.1) is 5.92 Å². The highest BCUT2D eigenvalue weighted by molar-refractivity contribution is 9.10. The minimum Gasteiger partial charge on any atom is -0.342 e. The lowest BCUT2D eigenvalue weighted by Gasteiger charge is -2.36. The summed E-state index contributed by atoms with van der Waals surface area (Å²) in [6.07, 6.45) is 4.40. The number of piperidine rings is 1. The van der Waals surface area contributed by atoms with Crippen molar-refractivity contribution in [1.82, 2.24) is 14.9 Å². The number of rotatable bonds is 7. The van der Waals surface area contributed by atoms with Gasteiger partial charge < -0.3 is 4.98 Å². The Hall–Kier alpha value is -1.85. The molecule has 4 aromatic rings. The van der Waals surface area contributed by atoms with Crippen LogP contribution in [0.2, 0.25) is 10.0 Å². The van der Waals surface area contributed by atoms with Crippen LogP contribution in [-0.2, 0) is 13.0 Å². The Kier molecular flexibility index (Phi) is 7.60. The van der Waals surface area contributed by atoms with Gasteiger partial charge >= 0.3 is 0 Å². The SMILES string of the molecule is Clc1cc2nc(CCC(c3ccc(Br)cc3)C3CCN(Cc4ccccc4)CC3)[nH]c2cc1Cl. The molecule has 34 heavy (non-hydrogen) atoms. The average molecular weight is 557 g/mol. The van der Waals surface area contributed by atoms with E-state index in [1.165, 1.54) is 24.0 Å². The van der Waals surface area contributed by atoms with Gasteiger partial charge in [0.15, 0.2) is 0 Å². The Labute approximate surface area is 219 Å². The second-order valence-electron chi connectivity index (χ2n) is 9.26. The van der Waals surface area contributed by atoms with Crippen LogP contribution in [0.5, 0.6) is 0 Å². The molecule has 176 valence electrons. The number of benzene rings is 3. The van der Waals surface area contributed by atoms with Crippen molar-refractivity contribution >= 4 is 50.2 Å². The fourth-order valence-electron chi connectivity index (χ4n) is 5.21. The smallest absolute Gasteiger partial charge is 0.107 e. The topological polar surface area (TPSA) is 31.9 Å². The number of imidazole rings is 1. The van der Waals surface area contributed by atoms with Gasteiger partial charge in [0.05, 0.1) is 21.1 Å². The lowest BCUT2D eigenvalue weighted by molar-refractivity contribution is 0.159. The van der Waals surface area contributed by atoms with Gasteiger partial charge in [-0.3, -0.25) is 4.90 Å². The number of nitrogens with zero attached hydrogens (tertiary/aromatic N) is 2. The highest BCUT2D eigenvalue weighted by atomic mass is 79.9. The van der Waals surface area contributed by atoms with E-state index in [0.29, 0.717) is 21.9 Å². The molecule has 0 saturated carbocycles. The Morgan fingerprint density at radius 3 is 2.41 bits per heavy atom. The first kappa shape index (κ1) is 23.9. The maximum atomic E-state index is 6.19. The molecule has 0 amide bonds. The van der Waals surface area contributed by atoms with Crippen molar-refractivity contribution in [3.05, 3.63) is 98.2 Å². The number of halogens is 3. The molecule has 0 aliphatic carbocycles. The minimum absolute atomic E-state index is 0.507. The van der Waals surface area contributed by atoms with Crippen LogP contribution in [0.25, 0.3) is 11.0 Å². The van der Waals surface area contributed by atoms with E-state index in [1.807, 2.05) is 12.1 Å². The Morgan fingerprint density at radius 2 is 1.68 bits per heavy atom. The summed E-state index contributed by atoms with van der Waals surface area (Å²) in [5, 5.41) is 1.10. The van der Waals surface area contributed by atoms with Crippen molar-refractivity contribution in [3.63, 3.8) is 0 Å². The highest BCUT2D eigenvalue weighted by Crippen LogP contribution is 2.37. The average Bonchev–Trinajstić information content (AvgIpc) is 3.23. The molecule has 3 nitrogen and oxygen atoms in total. The number of hydrogen-bond acceptors (Lipinski definition) is 2. The number of fused-ring (bicyclic) bond motifs is 1. The van der Waals surface area contributed by atoms with Gasteiger partial charge in [-0.1, -0.05) is 81.6 Å². The zero-order valence-corrected chi connectivity index (χ0v) is 22.1. The van der Waals surface area contributed by atoms with Crippen molar-refractivity contribution in [2.24, 2.45) is 5.92 Å². The molecule has 1 N–H and O–H groups in total. The summed E-state index contributed by atoms with van der Waals surface area (Å²) in [7, 11) is 0. The van der Waals surface area contributed by atoms with E-state index in [1.54, 1.807) is 0 Å². The normalized spacial score (nSPS) is 16.2. The maximum Gasteiger partial charge on any atom is 0.107 e. The van der Waals surface area contributed by atoms with E-state index >= 15 is 0 Å². The monoisotopic (exact) mass is 555 g/mol. The summed E-state index contributed by atoms with van der Waals surface area (Å²) in [4.78, 5) is 10.8. The summed E-state index contributed by atoms with van der Waals surface area (Å²) >= 11 is 16.0. The quantitative estimate of drug-likeness (QED) is 0.248. The molecule has 5 rings (SSSR count). The Morgan fingerprint density at radius 1 is 0.971 bits per heavy atom. The van der Waals surface area contributed by atoms with Crippen LogP contribution in [0.4, 0.5) is 0 Å². The standard InChI is InChI=1S/C28H28BrCl2N3/c29-22-8-6-20(7-9-22)23(10-11-28-32-26-16-24(30)25(31)17-27(26)33-28)21-12-14-34(15-13-21)18-19-4-2-1-3-5-19/h1-9,16-17,21,23H,10-15,18H2,(H,32,33). The Bertz CT molecular complexity index is 1190. The molecule has 0 spiro atoms. The van der Waals surface area contributed by atoms with Crippen molar-refractivity contribution in [2.45, 2.75) is 38.1 Å². The van der Waals surface area contributed by atoms with Crippen LogP contribution in [0.3, 0.4) is 0 Å². The van der Waals surface area contributed by atoms with Gasteiger partial charge in [-0.2, -0.15) is 0 Å². The van der Waals surface area contributed by atoms with Crippen LogP contribution < -0.4 is 0 Å². The summed E-state index contributed by atoms with van der Waals surface area (Å²) in [5.74, 6) is 2.17. The third-order valence-corrected chi connectivity index (χ3v) is 8.26. The number of aryl methyl sites for hydroxylation is 1. The second-order valence-corrected chi connectivity index (χ2v) is 11.0. The van der Waals surface area contributed by atoms with E-state index < -0.39 is 0 Å². The third kappa shape index (κ3) is 5.68. The number of aromatic nitrogens is 2. The number of aromatic amines is 1. The molecule has 1 atom stereocenters. The molecule has 1 aromatic heterocycles. The van der Waals surface area contributed by atoms with Crippen LogP contribution in [-0.4, -0.2) is 28.0 Å². The molecule has 1 fully saturated rings. The van der Waals surface area contributed by atoms with E-state index in [9.17, 15) is 0 Å². The van der Waals surface area contributed by atoms with Crippen molar-refractivity contribution < 1.29 is 0 Å². The van der Waals surface area contributed by atoms with Crippen molar-refractivity contribution in [3.8, 4) is 0 Å². The van der Waals surface area contributed by atoms with Gasteiger partial charge in [0.1, 0.15) is 5.82 Å². The van der Waals surface area contributed by atoms with Crippen LogP contribution in [0.1, 0.15) is 42.1 Å². The lowest BCUT2D eigenvalue weighted by Crippen LogP contribution is -2.35. The van der Waals surface area contributed by atoms with E-state index in [2.05, 4.69) is 80.4 Å². The number of H-pyrrole nitrogens is 1. The lowest BCUT2D eigenvalue weighted by atomic mass is 9.77. The van der Waals surface area contributed by atoms with Gasteiger partial charge in [0.25, 0.3) is 0 Å². The van der Waals surface area contributed by atoms with E-state index in [0.717, 1.165) is 53.8 Å². The Balaban J connectivity index is 1.29. The summed E-state index contributed by atoms with van der Waals surface area (Å²) < 4.78 is 1.12. The fraction of sp³-hybridized carbons (Fsp3) is 0.321. The predicted molar refractivity (Wildman–Crippen MR) is 146 cm³/mol. The molecule has 0 radical (unpaired) electrons. The molecule has 0 bridgehead atoms. The summed E-state index contributed by atoms with van der Waals surface area (Å²) in [5.41, 5.74) is 4.64. The van der Waals surface area contributed by atoms with Gasteiger partial charge in [-0.15, -0.1) is 0 Å². The first-order chi connectivity index (χ1) is 16.5. The predicted octanol–water partition coefficient (Wildman–Crippen LogP) is 8.26. The summed E-state index contributed by atoms with van der Waals surface area (Å²) in [6.45, 7) is 3.34. The molecule has 1 aliphatic heterocycles. The first-order valence-corrected chi connectivity index (χ1v) is 13.5. The summed E-state index contributed by atoms with van der Waals surface area (Å²) in [6, 6.07) is 23.4. The fourth-order valence-corrected chi connectivity index (χ4v) is 5.79. The number of likely N-dealkylation sites (tertiary alicyclic amines) is 1. The van der Waals surface area contributed by atoms with E-state index in [-0.39, 0.29) is 0 Å². The molecule has 1 saturated heterocycles. The molecular formula is C28H28BrCl2N3. The maximum absolute atomic E-state index is 6.19. The van der Waals surface area contributed by atoms with Gasteiger partial charge in [0, 0.05) is 17.4 Å². The highest BCUT2D eigenvalue weighted by Gasteiger charge is 2.28. The van der Waals surface area contributed by atoms with Crippen molar-refractivity contribution in [2.75, 3.05) is 13.1 Å². The van der Waals surface area contributed by atoms with Crippen LogP contribution in [0.15, 0.2) is 71.2 Å². The molecule has 3 aromatic carbocycles. The molecule has 1 aliphatic rings. The van der Waals surface area contributed by atoms with E-state index in [4.69, 9.17) is 28.2 Å². The number of hydrogen-bond donors (Lipinski definition) is 1. The van der Waals surface area contributed by atoms with Crippen LogP contribution >= 0.6 is 39.1 Å². The molecule has 1 unspecified atom stereocenters. The van der Waals surface area contributed by atoms with Gasteiger partial charge in [0.2, 0.25) is 0 Å². The third-order valence-electron chi connectivity index (χ3n) is 7.01. The zero-order valence-electron chi connectivity index (χ0n) is 19.0. The minimum atomic E-state index is 0.507. The van der Waals surface area contributed by atoms with Gasteiger partial charge in [-0.05, 0) is 79.6 Å². The van der Waals surface area contributed by atoms with Gasteiger partial charge in [-0.25, -0.2) is 4.98 Å². The molecule has 6 heteroatoms. The zero-order chi connectivity index (χ0) is 23.5. The molecular weight excluding hydrogens is 529 g/mol. The largest absolute Gasteiger partial charge is 0.342 e. The van der Waals surface area contributed by atoms with Crippen molar-refractivity contribution in [1.29, 1.82) is 0 Å². The second kappa shape index (κ2) is 10.8. The first-order valence-electron chi connectivity index (χ1n) is 11.9. The number of nitrogens with one attached hydrogen (secondary N) is 1.